The van der Waals surface area contributed by atoms with Gasteiger partial charge in [-0.2, -0.15) is 0 Å². The predicted molar refractivity (Wildman–Crippen MR) is 182 cm³/mol. The van der Waals surface area contributed by atoms with Crippen molar-refractivity contribution in [2.75, 3.05) is 0 Å². The maximum Gasteiger partial charge on any atom is 0.0730 e. The van der Waals surface area contributed by atoms with Gasteiger partial charge in [-0.05, 0) is 51.2 Å². The van der Waals surface area contributed by atoms with E-state index in [1.165, 1.54) is 43.9 Å². The predicted octanol–water partition coefficient (Wildman–Crippen LogP) is 10.4. The molecule has 0 aliphatic heterocycles. The smallest absolute Gasteiger partial charge is 0.0730 e. The van der Waals surface area contributed by atoms with E-state index >= 15 is 0 Å². The maximum absolute atomic E-state index is 5.20. The number of aromatic nitrogens is 3. The average molecular weight is 564 g/mol. The third kappa shape index (κ3) is 3.44. The first-order valence-corrected chi connectivity index (χ1v) is 15.2. The quantitative estimate of drug-likeness (QED) is 0.214. The normalized spacial score (nSPS) is 13.4. The zero-order chi connectivity index (χ0) is 29.4. The molecule has 0 saturated heterocycles. The summed E-state index contributed by atoms with van der Waals surface area (Å²) >= 11 is 0. The lowest BCUT2D eigenvalue weighted by atomic mass is 9.80. The van der Waals surface area contributed by atoms with E-state index in [2.05, 4.69) is 151 Å². The zero-order valence-electron chi connectivity index (χ0n) is 24.6. The molecule has 44 heavy (non-hydrogen) atoms. The van der Waals surface area contributed by atoms with Crippen LogP contribution in [0.5, 0.6) is 0 Å². The number of pyridine rings is 2. The van der Waals surface area contributed by atoms with E-state index in [9.17, 15) is 0 Å². The van der Waals surface area contributed by atoms with E-state index in [1.54, 1.807) is 0 Å². The van der Waals surface area contributed by atoms with Crippen LogP contribution in [0.4, 0.5) is 0 Å². The molecule has 0 fully saturated rings. The first-order chi connectivity index (χ1) is 21.6. The molecular formula is C41H29N3. The van der Waals surface area contributed by atoms with Crippen LogP contribution in [-0.4, -0.2) is 14.5 Å². The van der Waals surface area contributed by atoms with Crippen molar-refractivity contribution in [1.82, 2.24) is 14.5 Å². The molecule has 0 unspecified atom stereocenters. The largest absolute Gasteiger partial charge is 0.309 e. The standard InChI is InChI=1S/C41H29N3/c1-41(2)33-20-12-11-19-31(33)37-29-17-9-10-18-30(29)38-32-25-42-22-21-36(32)44(40(38)39(37)41)28-23-34(26-13-5-3-6-14-26)43-35(24-28)27-15-7-4-8-16-27/h3-25H,1-2H3. The Morgan fingerprint density at radius 3 is 1.93 bits per heavy atom. The fourth-order valence-electron chi connectivity index (χ4n) is 7.51. The fourth-order valence-corrected chi connectivity index (χ4v) is 7.51. The first kappa shape index (κ1) is 25.0. The number of benzene rings is 5. The minimum absolute atomic E-state index is 0.203. The molecule has 8 aromatic rings. The maximum atomic E-state index is 5.20. The van der Waals surface area contributed by atoms with Crippen LogP contribution in [0.1, 0.15) is 25.0 Å². The van der Waals surface area contributed by atoms with Crippen LogP contribution in [0, 0.1) is 0 Å². The third-order valence-electron chi connectivity index (χ3n) is 9.42. The van der Waals surface area contributed by atoms with Crippen LogP contribution in [0.2, 0.25) is 0 Å². The second-order valence-electron chi connectivity index (χ2n) is 12.2. The Morgan fingerprint density at radius 2 is 1.23 bits per heavy atom. The van der Waals surface area contributed by atoms with Gasteiger partial charge in [-0.3, -0.25) is 4.98 Å². The van der Waals surface area contributed by atoms with Gasteiger partial charge in [0.05, 0.1) is 28.1 Å². The van der Waals surface area contributed by atoms with E-state index in [1.807, 2.05) is 12.4 Å². The summed E-state index contributed by atoms with van der Waals surface area (Å²) in [6.07, 6.45) is 3.96. The van der Waals surface area contributed by atoms with Gasteiger partial charge in [-0.1, -0.05) is 123 Å². The van der Waals surface area contributed by atoms with Crippen molar-refractivity contribution in [1.29, 1.82) is 0 Å². The van der Waals surface area contributed by atoms with E-state index in [-0.39, 0.29) is 5.41 Å². The molecule has 0 saturated carbocycles. The molecule has 5 aromatic carbocycles. The van der Waals surface area contributed by atoms with Gasteiger partial charge in [0, 0.05) is 39.7 Å². The van der Waals surface area contributed by atoms with Gasteiger partial charge in [0.15, 0.2) is 0 Å². The minimum atomic E-state index is -0.203. The van der Waals surface area contributed by atoms with E-state index in [4.69, 9.17) is 4.98 Å². The lowest BCUT2D eigenvalue weighted by molar-refractivity contribution is 0.664. The summed E-state index contributed by atoms with van der Waals surface area (Å²) in [4.78, 5) is 9.85. The van der Waals surface area contributed by atoms with Crippen LogP contribution in [0.15, 0.2) is 140 Å². The van der Waals surface area contributed by atoms with Crippen molar-refractivity contribution in [2.45, 2.75) is 19.3 Å². The van der Waals surface area contributed by atoms with E-state index in [0.29, 0.717) is 0 Å². The Morgan fingerprint density at radius 1 is 0.614 bits per heavy atom. The van der Waals surface area contributed by atoms with Gasteiger partial charge in [-0.15, -0.1) is 0 Å². The summed E-state index contributed by atoms with van der Waals surface area (Å²) in [7, 11) is 0. The Bertz CT molecular complexity index is 2340. The Hall–Kier alpha value is -5.54. The van der Waals surface area contributed by atoms with Gasteiger partial charge >= 0.3 is 0 Å². The van der Waals surface area contributed by atoms with Crippen molar-refractivity contribution in [3.05, 3.63) is 151 Å². The van der Waals surface area contributed by atoms with Gasteiger partial charge in [-0.25, -0.2) is 4.98 Å². The highest BCUT2D eigenvalue weighted by Crippen LogP contribution is 2.56. The van der Waals surface area contributed by atoms with Crippen LogP contribution in [0.25, 0.3) is 71.9 Å². The Kier molecular flexibility index (Phi) is 5.24. The van der Waals surface area contributed by atoms with Crippen molar-refractivity contribution in [3.63, 3.8) is 0 Å². The summed E-state index contributed by atoms with van der Waals surface area (Å²) in [6, 6.07) is 45.5. The molecular weight excluding hydrogens is 534 g/mol. The second-order valence-corrected chi connectivity index (χ2v) is 12.2. The van der Waals surface area contributed by atoms with Crippen molar-refractivity contribution < 1.29 is 0 Å². The average Bonchev–Trinajstić information content (AvgIpc) is 3.55. The van der Waals surface area contributed by atoms with Gasteiger partial charge in [0.2, 0.25) is 0 Å². The molecule has 0 bridgehead atoms. The first-order valence-electron chi connectivity index (χ1n) is 15.2. The van der Waals surface area contributed by atoms with Gasteiger partial charge < -0.3 is 4.57 Å². The molecule has 3 heterocycles. The third-order valence-corrected chi connectivity index (χ3v) is 9.42. The number of nitrogens with zero attached hydrogens (tertiary/aromatic N) is 3. The Balaban J connectivity index is 1.49. The zero-order valence-corrected chi connectivity index (χ0v) is 24.6. The lowest BCUT2D eigenvalue weighted by Crippen LogP contribution is -2.16. The summed E-state index contributed by atoms with van der Waals surface area (Å²) in [5.41, 5.74) is 12.8. The monoisotopic (exact) mass is 563 g/mol. The second kappa shape index (κ2) is 9.23. The van der Waals surface area contributed by atoms with Crippen molar-refractivity contribution >= 4 is 32.6 Å². The number of rotatable bonds is 3. The van der Waals surface area contributed by atoms with E-state index < -0.39 is 0 Å². The highest BCUT2D eigenvalue weighted by atomic mass is 15.0. The van der Waals surface area contributed by atoms with Gasteiger partial charge in [0.25, 0.3) is 0 Å². The molecule has 9 rings (SSSR count). The lowest BCUT2D eigenvalue weighted by Gasteiger charge is -2.24. The number of fused-ring (bicyclic) bond motifs is 10. The van der Waals surface area contributed by atoms with E-state index in [0.717, 1.165) is 39.1 Å². The highest BCUT2D eigenvalue weighted by Gasteiger charge is 2.40. The van der Waals surface area contributed by atoms with Gasteiger partial charge in [0.1, 0.15) is 0 Å². The van der Waals surface area contributed by atoms with Crippen LogP contribution in [0.3, 0.4) is 0 Å². The number of hydrogen-bond donors (Lipinski definition) is 0. The minimum Gasteiger partial charge on any atom is -0.309 e. The highest BCUT2D eigenvalue weighted by molar-refractivity contribution is 6.26. The molecule has 1 aliphatic rings. The van der Waals surface area contributed by atoms with Crippen LogP contribution < -0.4 is 0 Å². The van der Waals surface area contributed by atoms with Crippen LogP contribution in [-0.2, 0) is 5.41 Å². The molecule has 1 aliphatic carbocycles. The fraction of sp³-hybridized carbons (Fsp3) is 0.0732. The summed E-state index contributed by atoms with van der Waals surface area (Å²) in [5, 5.41) is 4.96. The van der Waals surface area contributed by atoms with Crippen molar-refractivity contribution in [2.24, 2.45) is 0 Å². The molecule has 3 heteroatoms. The molecule has 3 aromatic heterocycles. The molecule has 3 nitrogen and oxygen atoms in total. The summed E-state index contributed by atoms with van der Waals surface area (Å²) < 4.78 is 2.48. The topological polar surface area (TPSA) is 30.7 Å². The summed E-state index contributed by atoms with van der Waals surface area (Å²) in [6.45, 7) is 4.76. The molecule has 0 amide bonds. The molecule has 0 N–H and O–H groups in total. The molecule has 0 spiro atoms. The summed E-state index contributed by atoms with van der Waals surface area (Å²) in [5.74, 6) is 0. The van der Waals surface area contributed by atoms with Crippen LogP contribution >= 0.6 is 0 Å². The van der Waals surface area contributed by atoms with Crippen molar-refractivity contribution in [3.8, 4) is 39.3 Å². The molecule has 0 atom stereocenters. The SMILES string of the molecule is CC1(C)c2ccccc2-c2c1c1c(c3ccccc23)c2cnccc2n1-c1cc(-c2ccccc2)nc(-c2ccccc2)c1. The Labute approximate surface area is 256 Å². The molecule has 208 valence electrons. The number of hydrogen-bond acceptors (Lipinski definition) is 2. The molecule has 0 radical (unpaired) electrons.